The number of ether oxygens (including phenoxy) is 1. The smallest absolute Gasteiger partial charge is 0.252 e. The second kappa shape index (κ2) is 9.32. The van der Waals surface area contributed by atoms with Crippen molar-refractivity contribution in [1.82, 2.24) is 10.6 Å². The number of aliphatic hydroxyl groups is 1. The highest BCUT2D eigenvalue weighted by Gasteiger charge is 2.40. The zero-order valence-corrected chi connectivity index (χ0v) is 14.9. The summed E-state index contributed by atoms with van der Waals surface area (Å²) in [6, 6.07) is 5.52. The molecule has 0 saturated carbocycles. The Balaban J connectivity index is 0.00000288. The first kappa shape index (κ1) is 20.8. The van der Waals surface area contributed by atoms with Crippen LogP contribution in [0.3, 0.4) is 0 Å². The van der Waals surface area contributed by atoms with Gasteiger partial charge in [0.05, 0.1) is 6.10 Å². The van der Waals surface area contributed by atoms with E-state index in [1.54, 1.807) is 19.2 Å². The SMILES string of the molecule is COC1(C(=O)NC(C)CC(O)c2ccc(F)cc2)CCNCC1.Cl. The molecule has 0 aliphatic carbocycles. The normalized spacial score (nSPS) is 19.0. The Labute approximate surface area is 148 Å². The van der Waals surface area contributed by atoms with E-state index in [2.05, 4.69) is 10.6 Å². The zero-order valence-electron chi connectivity index (χ0n) is 14.0. The van der Waals surface area contributed by atoms with Crippen LogP contribution >= 0.6 is 12.4 Å². The van der Waals surface area contributed by atoms with Crippen LogP contribution in [0.2, 0.25) is 0 Å². The fourth-order valence-corrected chi connectivity index (χ4v) is 2.92. The van der Waals surface area contributed by atoms with Crippen molar-refractivity contribution in [2.45, 2.75) is 43.9 Å². The van der Waals surface area contributed by atoms with Crippen molar-refractivity contribution in [3.8, 4) is 0 Å². The van der Waals surface area contributed by atoms with Crippen LogP contribution in [0.4, 0.5) is 4.39 Å². The summed E-state index contributed by atoms with van der Waals surface area (Å²) in [5.41, 5.74) is -0.156. The number of nitrogens with one attached hydrogen (secondary N) is 2. The number of piperidine rings is 1. The fraction of sp³-hybridized carbons (Fsp3) is 0.588. The fourth-order valence-electron chi connectivity index (χ4n) is 2.92. The van der Waals surface area contributed by atoms with Crippen LogP contribution in [-0.2, 0) is 9.53 Å². The van der Waals surface area contributed by atoms with Crippen molar-refractivity contribution in [2.75, 3.05) is 20.2 Å². The summed E-state index contributed by atoms with van der Waals surface area (Å²) in [5, 5.41) is 16.3. The lowest BCUT2D eigenvalue weighted by molar-refractivity contribution is -0.147. The molecule has 2 unspecified atom stereocenters. The Morgan fingerprint density at radius 3 is 2.50 bits per heavy atom. The third-order valence-electron chi connectivity index (χ3n) is 4.42. The Morgan fingerprint density at radius 1 is 1.38 bits per heavy atom. The maximum Gasteiger partial charge on any atom is 0.252 e. The van der Waals surface area contributed by atoms with Gasteiger partial charge in [-0.15, -0.1) is 12.4 Å². The maximum absolute atomic E-state index is 12.9. The highest BCUT2D eigenvalue weighted by atomic mass is 35.5. The molecule has 1 amide bonds. The van der Waals surface area contributed by atoms with Crippen LogP contribution in [0.15, 0.2) is 24.3 Å². The molecule has 7 heteroatoms. The third kappa shape index (κ3) is 5.14. The van der Waals surface area contributed by atoms with Crippen LogP contribution < -0.4 is 10.6 Å². The molecule has 1 aliphatic rings. The Kier molecular flexibility index (Phi) is 8.09. The number of amides is 1. The number of aliphatic hydroxyl groups excluding tert-OH is 1. The number of halogens is 2. The lowest BCUT2D eigenvalue weighted by Crippen LogP contribution is -2.55. The van der Waals surface area contributed by atoms with Crippen molar-refractivity contribution < 1.29 is 19.0 Å². The first-order valence-electron chi connectivity index (χ1n) is 7.97. The van der Waals surface area contributed by atoms with E-state index in [-0.39, 0.29) is 30.2 Å². The van der Waals surface area contributed by atoms with E-state index >= 15 is 0 Å². The molecule has 5 nitrogen and oxygen atoms in total. The van der Waals surface area contributed by atoms with Gasteiger partial charge in [0.25, 0.3) is 5.91 Å². The predicted octanol–water partition coefficient (Wildman–Crippen LogP) is 1.94. The standard InChI is InChI=1S/C17H25FN2O3.ClH/c1-12(11-15(21)13-3-5-14(18)6-4-13)20-16(22)17(23-2)7-9-19-10-8-17;/h3-6,12,15,19,21H,7-11H2,1-2H3,(H,20,22);1H. The summed E-state index contributed by atoms with van der Waals surface area (Å²) in [4.78, 5) is 12.5. The van der Waals surface area contributed by atoms with Crippen molar-refractivity contribution in [1.29, 1.82) is 0 Å². The average Bonchev–Trinajstić information content (AvgIpc) is 2.55. The second-order valence-corrected chi connectivity index (χ2v) is 6.13. The summed E-state index contributed by atoms with van der Waals surface area (Å²) in [5.74, 6) is -0.476. The van der Waals surface area contributed by atoms with Crippen LogP contribution in [0.5, 0.6) is 0 Å². The molecule has 2 atom stereocenters. The van der Waals surface area contributed by atoms with Gasteiger partial charge in [0.15, 0.2) is 0 Å². The molecule has 3 N–H and O–H groups in total. The van der Waals surface area contributed by atoms with Gasteiger partial charge in [-0.05, 0) is 57.0 Å². The maximum atomic E-state index is 12.9. The highest BCUT2D eigenvalue weighted by Crippen LogP contribution is 2.24. The molecule has 2 rings (SSSR count). The van der Waals surface area contributed by atoms with Crippen LogP contribution in [0, 0.1) is 5.82 Å². The Hall–Kier alpha value is -1.21. The van der Waals surface area contributed by atoms with Gasteiger partial charge in [-0.2, -0.15) is 0 Å². The van der Waals surface area contributed by atoms with Gasteiger partial charge in [0.2, 0.25) is 0 Å². The number of benzene rings is 1. The molecule has 1 fully saturated rings. The largest absolute Gasteiger partial charge is 0.388 e. The summed E-state index contributed by atoms with van der Waals surface area (Å²) < 4.78 is 18.4. The third-order valence-corrected chi connectivity index (χ3v) is 4.42. The highest BCUT2D eigenvalue weighted by molar-refractivity contribution is 5.85. The quantitative estimate of drug-likeness (QED) is 0.725. The summed E-state index contributed by atoms with van der Waals surface area (Å²) in [6.07, 6.45) is 0.859. The van der Waals surface area contributed by atoms with Crippen LogP contribution in [0.25, 0.3) is 0 Å². The summed E-state index contributed by atoms with van der Waals surface area (Å²) in [7, 11) is 1.56. The average molecular weight is 361 g/mol. The molecule has 0 bridgehead atoms. The van der Waals surface area contributed by atoms with Gasteiger partial charge in [-0.1, -0.05) is 12.1 Å². The van der Waals surface area contributed by atoms with Gasteiger partial charge >= 0.3 is 0 Å². The molecular formula is C17H26ClFN2O3. The zero-order chi connectivity index (χ0) is 16.9. The van der Waals surface area contributed by atoms with Crippen molar-refractivity contribution in [3.63, 3.8) is 0 Å². The van der Waals surface area contributed by atoms with Crippen molar-refractivity contribution >= 4 is 18.3 Å². The van der Waals surface area contributed by atoms with Gasteiger partial charge in [0, 0.05) is 13.2 Å². The van der Waals surface area contributed by atoms with Crippen molar-refractivity contribution in [2.24, 2.45) is 0 Å². The monoisotopic (exact) mass is 360 g/mol. The summed E-state index contributed by atoms with van der Waals surface area (Å²) >= 11 is 0. The van der Waals surface area contributed by atoms with E-state index in [4.69, 9.17) is 4.74 Å². The van der Waals surface area contributed by atoms with Crippen LogP contribution in [-0.4, -0.2) is 42.9 Å². The van der Waals surface area contributed by atoms with E-state index < -0.39 is 11.7 Å². The molecule has 1 aromatic carbocycles. The minimum Gasteiger partial charge on any atom is -0.388 e. The first-order chi connectivity index (χ1) is 11.0. The van der Waals surface area contributed by atoms with E-state index in [1.165, 1.54) is 12.1 Å². The minimum atomic E-state index is -0.791. The number of methoxy groups -OCH3 is 1. The first-order valence-corrected chi connectivity index (χ1v) is 7.97. The molecule has 0 radical (unpaired) electrons. The minimum absolute atomic E-state index is 0. The number of carbonyl (C=O) groups excluding carboxylic acids is 1. The molecule has 1 saturated heterocycles. The van der Waals surface area contributed by atoms with E-state index in [9.17, 15) is 14.3 Å². The number of hydrogen-bond donors (Lipinski definition) is 3. The van der Waals surface area contributed by atoms with Crippen molar-refractivity contribution in [3.05, 3.63) is 35.6 Å². The van der Waals surface area contributed by atoms with Crippen LogP contribution in [0.1, 0.15) is 37.9 Å². The second-order valence-electron chi connectivity index (χ2n) is 6.13. The molecular weight excluding hydrogens is 335 g/mol. The lowest BCUT2D eigenvalue weighted by atomic mass is 9.90. The molecule has 1 heterocycles. The number of hydrogen-bond acceptors (Lipinski definition) is 4. The van der Waals surface area contributed by atoms with Gasteiger partial charge in [-0.3, -0.25) is 4.79 Å². The van der Waals surface area contributed by atoms with E-state index in [0.717, 1.165) is 13.1 Å². The van der Waals surface area contributed by atoms with Gasteiger partial charge < -0.3 is 20.5 Å². The molecule has 1 aliphatic heterocycles. The topological polar surface area (TPSA) is 70.6 Å². The van der Waals surface area contributed by atoms with Gasteiger partial charge in [-0.25, -0.2) is 4.39 Å². The number of carbonyl (C=O) groups is 1. The predicted molar refractivity (Wildman–Crippen MR) is 92.7 cm³/mol. The van der Waals surface area contributed by atoms with E-state index in [0.29, 0.717) is 24.8 Å². The molecule has 24 heavy (non-hydrogen) atoms. The molecule has 1 aromatic rings. The van der Waals surface area contributed by atoms with Gasteiger partial charge in [0.1, 0.15) is 11.4 Å². The van der Waals surface area contributed by atoms with E-state index in [1.807, 2.05) is 6.92 Å². The number of rotatable bonds is 6. The Bertz CT molecular complexity index is 521. The molecule has 0 aromatic heterocycles. The molecule has 136 valence electrons. The summed E-state index contributed by atoms with van der Waals surface area (Å²) in [6.45, 7) is 3.33. The Morgan fingerprint density at radius 2 is 1.96 bits per heavy atom. The molecule has 0 spiro atoms. The lowest BCUT2D eigenvalue weighted by Gasteiger charge is -2.35.